The van der Waals surface area contributed by atoms with Crippen LogP contribution in [0.25, 0.3) is 55.7 Å². The monoisotopic (exact) mass is 630 g/mol. The topological polar surface area (TPSA) is 241 Å². The Balaban J connectivity index is 1.79. The van der Waals surface area contributed by atoms with E-state index in [9.17, 15) is 50.4 Å². The lowest BCUT2D eigenvalue weighted by Gasteiger charge is -2.18. The molecule has 0 amide bonds. The quantitative estimate of drug-likeness (QED) is 0.122. The van der Waals surface area contributed by atoms with Crippen molar-refractivity contribution in [3.05, 3.63) is 69.0 Å². The third-order valence-electron chi connectivity index (χ3n) is 7.30. The number of fused-ring (bicyclic) bond motifs is 2. The molecule has 0 bridgehead atoms. The third-order valence-corrected chi connectivity index (χ3v) is 7.30. The average Bonchev–Trinajstić information content (AvgIpc) is 2.99. The minimum Gasteiger partial charge on any atom is -0.508 e. The number of hydrogen-bond acceptors (Lipinski definition) is 14. The highest BCUT2D eigenvalue weighted by molar-refractivity contribution is 6.06. The molecule has 0 saturated carbocycles. The summed E-state index contributed by atoms with van der Waals surface area (Å²) in [5.41, 5.74) is -3.86. The number of aromatic hydroxyl groups is 8. The lowest BCUT2D eigenvalue weighted by molar-refractivity contribution is 0.395. The van der Waals surface area contributed by atoms with Crippen LogP contribution in [0.15, 0.2) is 67.0 Å². The molecular weight excluding hydrogens is 608 g/mol. The molecule has 2 aromatic heterocycles. The van der Waals surface area contributed by atoms with E-state index in [0.29, 0.717) is 0 Å². The van der Waals surface area contributed by atoms with E-state index in [0.717, 1.165) is 50.6 Å². The molecule has 6 rings (SSSR count). The smallest absolute Gasteiger partial charge is 0.239 e. The molecule has 0 fully saturated rings. The van der Waals surface area contributed by atoms with Crippen LogP contribution < -0.4 is 20.3 Å². The molecule has 0 atom stereocenters. The zero-order chi connectivity index (χ0) is 33.2. The van der Waals surface area contributed by atoms with E-state index in [1.54, 1.807) is 0 Å². The van der Waals surface area contributed by atoms with Gasteiger partial charge in [0, 0.05) is 34.9 Å². The van der Waals surface area contributed by atoms with Crippen molar-refractivity contribution in [1.82, 2.24) is 0 Å². The fraction of sp³-hybridized carbons (Fsp3) is 0.0625. The van der Waals surface area contributed by atoms with Gasteiger partial charge < -0.3 is 59.2 Å². The minimum atomic E-state index is -0.952. The normalized spacial score (nSPS) is 11.3. The van der Waals surface area contributed by atoms with Gasteiger partial charge in [0.25, 0.3) is 0 Å². The number of benzene rings is 4. The summed E-state index contributed by atoms with van der Waals surface area (Å²) >= 11 is 0. The van der Waals surface area contributed by atoms with E-state index in [2.05, 4.69) is 0 Å². The van der Waals surface area contributed by atoms with Gasteiger partial charge in [0.2, 0.25) is 22.4 Å². The lowest BCUT2D eigenvalue weighted by Crippen LogP contribution is -2.09. The molecule has 0 radical (unpaired) electrons. The van der Waals surface area contributed by atoms with Crippen LogP contribution in [-0.2, 0) is 0 Å². The average molecular weight is 631 g/mol. The van der Waals surface area contributed by atoms with Crippen LogP contribution in [0.1, 0.15) is 0 Å². The molecule has 234 valence electrons. The fourth-order valence-electron chi connectivity index (χ4n) is 5.25. The Kier molecular flexibility index (Phi) is 6.69. The van der Waals surface area contributed by atoms with Gasteiger partial charge in [-0.2, -0.15) is 0 Å². The SMILES string of the molecule is COc1c(-c2ccc(O)c(O)c2-c2c(O)cc(O)c3c(=O)c(OC)c(-c4ccc(O)c(O)c4)oc23)oc2cc(O)cc(O)c2c1=O. The van der Waals surface area contributed by atoms with Gasteiger partial charge >= 0.3 is 0 Å². The van der Waals surface area contributed by atoms with Crippen LogP contribution in [0.3, 0.4) is 0 Å². The standard InChI is InChI=1S/C32H22O14/c1-43-31-27(42)24-19(39)10-18(38)23(30(24)46-28(31)11-3-5-14(34)16(36)7-11)21-13(4-6-15(35)25(21)40)29-32(44-2)26(41)22-17(37)8-12(33)9-20(22)45-29/h3-10,33-40H,1-2H3. The van der Waals surface area contributed by atoms with Crippen LogP contribution in [0.2, 0.25) is 0 Å². The van der Waals surface area contributed by atoms with Crippen molar-refractivity contribution in [3.8, 4) is 91.3 Å². The summed E-state index contributed by atoms with van der Waals surface area (Å²) in [4.78, 5) is 27.2. The van der Waals surface area contributed by atoms with E-state index in [1.165, 1.54) is 12.1 Å². The maximum Gasteiger partial charge on any atom is 0.239 e. The van der Waals surface area contributed by atoms with Crippen molar-refractivity contribution in [2.45, 2.75) is 0 Å². The van der Waals surface area contributed by atoms with Crippen molar-refractivity contribution >= 4 is 21.9 Å². The van der Waals surface area contributed by atoms with Gasteiger partial charge in [0.15, 0.2) is 40.1 Å². The summed E-state index contributed by atoms with van der Waals surface area (Å²) in [5.74, 6) is -6.97. The third kappa shape index (κ3) is 4.27. The van der Waals surface area contributed by atoms with Crippen molar-refractivity contribution in [3.63, 3.8) is 0 Å². The van der Waals surface area contributed by atoms with E-state index in [4.69, 9.17) is 18.3 Å². The van der Waals surface area contributed by atoms with E-state index >= 15 is 0 Å². The van der Waals surface area contributed by atoms with Gasteiger partial charge in [-0.25, -0.2) is 0 Å². The molecule has 14 nitrogen and oxygen atoms in total. The second-order valence-corrected chi connectivity index (χ2v) is 9.98. The first-order chi connectivity index (χ1) is 21.9. The molecule has 6 aromatic rings. The minimum absolute atomic E-state index is 0.0158. The second-order valence-electron chi connectivity index (χ2n) is 9.98. The summed E-state index contributed by atoms with van der Waals surface area (Å²) in [6, 6.07) is 8.38. The Morgan fingerprint density at radius 3 is 1.87 bits per heavy atom. The first kappa shape index (κ1) is 29.4. The van der Waals surface area contributed by atoms with Gasteiger partial charge in [-0.1, -0.05) is 0 Å². The Bertz CT molecular complexity index is 2370. The number of rotatable bonds is 5. The van der Waals surface area contributed by atoms with Crippen LogP contribution in [0.5, 0.6) is 57.5 Å². The Hall–Kier alpha value is -6.70. The summed E-state index contributed by atoms with van der Waals surface area (Å²) < 4.78 is 22.5. The van der Waals surface area contributed by atoms with Crippen LogP contribution in [-0.4, -0.2) is 55.1 Å². The highest BCUT2D eigenvalue weighted by atomic mass is 16.5. The fourth-order valence-corrected chi connectivity index (χ4v) is 5.25. The number of hydrogen-bond donors (Lipinski definition) is 8. The molecule has 0 saturated heterocycles. The van der Waals surface area contributed by atoms with Gasteiger partial charge in [0.05, 0.1) is 19.8 Å². The zero-order valence-corrected chi connectivity index (χ0v) is 23.6. The van der Waals surface area contributed by atoms with E-state index in [1.807, 2.05) is 0 Å². The van der Waals surface area contributed by atoms with Crippen molar-refractivity contribution in [2.75, 3.05) is 14.2 Å². The first-order valence-electron chi connectivity index (χ1n) is 13.1. The maximum atomic E-state index is 13.7. The molecule has 14 heteroatoms. The molecule has 0 unspecified atom stereocenters. The molecule has 4 aromatic carbocycles. The van der Waals surface area contributed by atoms with Gasteiger partial charge in [-0.3, -0.25) is 9.59 Å². The predicted octanol–water partition coefficient (Wildman–Crippen LogP) is 4.56. The summed E-state index contributed by atoms with van der Waals surface area (Å²) in [6.07, 6.45) is 0. The first-order valence-corrected chi connectivity index (χ1v) is 13.1. The Morgan fingerprint density at radius 2 is 1.20 bits per heavy atom. The van der Waals surface area contributed by atoms with Gasteiger partial charge in [-0.05, 0) is 30.3 Å². The predicted molar refractivity (Wildman–Crippen MR) is 161 cm³/mol. The molecule has 0 spiro atoms. The zero-order valence-electron chi connectivity index (χ0n) is 23.6. The molecule has 46 heavy (non-hydrogen) atoms. The summed E-state index contributed by atoms with van der Waals surface area (Å²) in [5, 5.41) is 83.2. The highest BCUT2D eigenvalue weighted by Gasteiger charge is 2.31. The van der Waals surface area contributed by atoms with Crippen molar-refractivity contribution in [1.29, 1.82) is 0 Å². The number of phenols is 8. The molecule has 0 aliphatic heterocycles. The largest absolute Gasteiger partial charge is 0.508 e. The number of methoxy groups -OCH3 is 2. The molecule has 8 N–H and O–H groups in total. The summed E-state index contributed by atoms with van der Waals surface area (Å²) in [7, 11) is 2.26. The number of ether oxygens (including phenoxy) is 2. The second kappa shape index (κ2) is 10.5. The molecular formula is C32H22O14. The van der Waals surface area contributed by atoms with Gasteiger partial charge in [-0.15, -0.1) is 0 Å². The van der Waals surface area contributed by atoms with Crippen LogP contribution in [0, 0.1) is 0 Å². The van der Waals surface area contributed by atoms with Crippen LogP contribution in [0.4, 0.5) is 0 Å². The van der Waals surface area contributed by atoms with E-state index in [-0.39, 0.29) is 27.9 Å². The van der Waals surface area contributed by atoms with Crippen LogP contribution >= 0.6 is 0 Å². The Morgan fingerprint density at radius 1 is 0.565 bits per heavy atom. The summed E-state index contributed by atoms with van der Waals surface area (Å²) in [6.45, 7) is 0. The lowest BCUT2D eigenvalue weighted by atomic mass is 9.92. The van der Waals surface area contributed by atoms with Gasteiger partial charge in [0.1, 0.15) is 39.4 Å². The highest BCUT2D eigenvalue weighted by Crippen LogP contribution is 2.52. The molecule has 2 heterocycles. The van der Waals surface area contributed by atoms with Crippen molar-refractivity contribution in [2.24, 2.45) is 0 Å². The molecule has 0 aliphatic rings. The van der Waals surface area contributed by atoms with Crippen molar-refractivity contribution < 1.29 is 59.2 Å². The molecule has 0 aliphatic carbocycles. The Labute approximate surface area is 255 Å². The van der Waals surface area contributed by atoms with E-state index < -0.39 is 96.2 Å². The maximum absolute atomic E-state index is 13.7. The number of phenolic OH excluding ortho intramolecular Hbond substituents is 8.